The van der Waals surface area contributed by atoms with Gasteiger partial charge in [-0.05, 0) is 4.57 Å². The highest BCUT2D eigenvalue weighted by Crippen LogP contribution is 2.34. The van der Waals surface area contributed by atoms with Gasteiger partial charge in [-0.1, -0.05) is 0 Å². The first-order valence-electron chi connectivity index (χ1n) is 1.42. The van der Waals surface area contributed by atoms with Gasteiger partial charge in [0.1, 0.15) is 0 Å². The maximum atomic E-state index is 9.65. The Morgan fingerprint density at radius 2 is 2.00 bits per heavy atom. The molecular weight excluding hydrogens is 138 g/mol. The van der Waals surface area contributed by atoms with Gasteiger partial charge in [0.05, 0.1) is 0 Å². The molecule has 0 spiro atoms. The summed E-state index contributed by atoms with van der Waals surface area (Å²) in [7, 11) is -4.53. The Morgan fingerprint density at radius 1 is 1.57 bits per heavy atom. The number of hydrogen-bond acceptors (Lipinski definition) is 3. The van der Waals surface area contributed by atoms with Crippen LogP contribution in [-0.4, -0.2) is 20.6 Å². The predicted molar refractivity (Wildman–Crippen MR) is 26.0 cm³/mol. The van der Waals surface area contributed by atoms with E-state index in [1.165, 1.54) is 0 Å². The van der Waals surface area contributed by atoms with E-state index in [1.807, 2.05) is 0 Å². The van der Waals surface area contributed by atoms with Crippen molar-refractivity contribution in [1.29, 1.82) is 0 Å². The fourth-order valence-electron chi connectivity index (χ4n) is 0.108. The maximum absolute atomic E-state index is 9.65. The van der Waals surface area contributed by atoms with Gasteiger partial charge in [0, 0.05) is 0 Å². The molecule has 4 nitrogen and oxygen atoms in total. The molecule has 0 saturated heterocycles. The molecule has 3 N–H and O–H groups in total. The average molecular weight is 143 g/mol. The summed E-state index contributed by atoms with van der Waals surface area (Å²) in [6, 6.07) is 0. The molecule has 0 heterocycles. The summed E-state index contributed by atoms with van der Waals surface area (Å²) in [4.78, 5) is 23.9. The highest BCUT2D eigenvalue weighted by atomic mass is 31.2. The molecule has 0 aromatic rings. The van der Waals surface area contributed by atoms with Crippen LogP contribution in [0.4, 0.5) is 0 Å². The van der Waals surface area contributed by atoms with Crippen LogP contribution >= 0.6 is 16.4 Å². The molecule has 0 aliphatic carbocycles. The Balaban J connectivity index is 3.13. The summed E-state index contributed by atoms with van der Waals surface area (Å²) in [5.41, 5.74) is 0. The minimum Gasteiger partial charge on any atom is -0.347 e. The molecule has 0 aromatic carbocycles. The zero-order valence-electron chi connectivity index (χ0n) is 3.35. The molecule has 0 rings (SSSR count). The van der Waals surface area contributed by atoms with E-state index in [2.05, 4.69) is 0 Å². The van der Waals surface area contributed by atoms with Crippen molar-refractivity contribution in [3.05, 3.63) is 0 Å². The molecule has 0 radical (unpaired) electrons. The van der Waals surface area contributed by atoms with Gasteiger partial charge in [-0.2, -0.15) is 4.89 Å². The van der Waals surface area contributed by atoms with Crippen LogP contribution in [0.2, 0.25) is 0 Å². The van der Waals surface area contributed by atoms with E-state index in [9.17, 15) is 4.57 Å². The van der Waals surface area contributed by atoms with Crippen molar-refractivity contribution >= 4 is 16.4 Å². The van der Waals surface area contributed by atoms with E-state index < -0.39 is 22.3 Å². The van der Waals surface area contributed by atoms with Crippen LogP contribution in [0.1, 0.15) is 0 Å². The molecular formula is CH5O4P2+. The molecule has 6 heteroatoms. The first-order chi connectivity index (χ1) is 3.13. The lowest BCUT2D eigenvalue weighted by atomic mass is 11.9. The monoisotopic (exact) mass is 143 g/mol. The quantitative estimate of drug-likeness (QED) is 0.474. The molecule has 0 saturated carbocycles. The Hall–Kier alpha value is 0.410. The molecule has 0 amide bonds. The highest BCUT2D eigenvalue weighted by molar-refractivity contribution is 7.60. The zero-order chi connectivity index (χ0) is 5.86. The first kappa shape index (κ1) is 7.41. The third-order valence-corrected chi connectivity index (χ3v) is 2.23. The van der Waals surface area contributed by atoms with E-state index in [4.69, 9.17) is 14.7 Å². The summed E-state index contributed by atoms with van der Waals surface area (Å²) < 4.78 is 9.65. The summed E-state index contributed by atoms with van der Waals surface area (Å²) >= 11 is 0. The molecule has 7 heavy (non-hydrogen) atoms. The molecule has 0 bridgehead atoms. The fourth-order valence-corrected chi connectivity index (χ4v) is 0.974. The summed E-state index contributed by atoms with van der Waals surface area (Å²) in [6.45, 7) is 0. The maximum Gasteiger partial charge on any atom is 0.515 e. The largest absolute Gasteiger partial charge is 0.515 e. The van der Waals surface area contributed by atoms with Crippen LogP contribution < -0.4 is 0 Å². The molecule has 1 atom stereocenters. The van der Waals surface area contributed by atoms with Gasteiger partial charge in [0.25, 0.3) is 0 Å². The van der Waals surface area contributed by atoms with E-state index in [1.54, 1.807) is 0 Å². The fraction of sp³-hybridized carbons (Fsp3) is 1.00. The lowest BCUT2D eigenvalue weighted by Gasteiger charge is -1.83. The minimum atomic E-state index is -2.36. The van der Waals surface area contributed by atoms with E-state index in [-0.39, 0.29) is 0 Å². The third kappa shape index (κ3) is 6.41. The molecule has 42 valence electrons. The second-order valence-electron chi connectivity index (χ2n) is 0.866. The smallest absolute Gasteiger partial charge is 0.347 e. The van der Waals surface area contributed by atoms with Crippen molar-refractivity contribution in [3.8, 4) is 0 Å². The number of hydrogen-bond donors (Lipinski definition) is 3. The Bertz CT molecular complexity index is 70.1. The van der Waals surface area contributed by atoms with Gasteiger partial charge in [-0.25, -0.2) is 0 Å². The summed E-state index contributed by atoms with van der Waals surface area (Å²) in [5.74, 6) is -0.398. The van der Waals surface area contributed by atoms with Gasteiger partial charge in [0.15, 0.2) is 0 Å². The van der Waals surface area contributed by atoms with Gasteiger partial charge < -0.3 is 9.79 Å². The normalized spacial score (nSPS) is 12.3. The van der Waals surface area contributed by atoms with Gasteiger partial charge >= 0.3 is 8.03 Å². The standard InChI is InChI=1S/CH4O4P2/c2-6(3)1-7(4)5/h2-3H,1H2/p+1. The summed E-state index contributed by atoms with van der Waals surface area (Å²) in [6.07, 6.45) is 0. The second kappa shape index (κ2) is 3.42. The zero-order valence-corrected chi connectivity index (χ0v) is 5.14. The predicted octanol–water partition coefficient (Wildman–Crippen LogP) is -0.0249. The molecule has 1 unspecified atom stereocenters. The van der Waals surface area contributed by atoms with Crippen molar-refractivity contribution in [3.63, 3.8) is 0 Å². The molecule has 0 aromatic heterocycles. The van der Waals surface area contributed by atoms with E-state index in [0.29, 0.717) is 0 Å². The van der Waals surface area contributed by atoms with Gasteiger partial charge in [0.2, 0.25) is 14.3 Å². The van der Waals surface area contributed by atoms with E-state index in [0.717, 1.165) is 0 Å². The van der Waals surface area contributed by atoms with Crippen molar-refractivity contribution in [2.45, 2.75) is 0 Å². The SMILES string of the molecule is O=[P+](O)CP(O)O. The van der Waals surface area contributed by atoms with Crippen LogP contribution in [0.5, 0.6) is 0 Å². The van der Waals surface area contributed by atoms with Crippen LogP contribution in [-0.2, 0) is 4.57 Å². The minimum absolute atomic E-state index is 0.398. The Kier molecular flexibility index (Phi) is 3.62. The highest BCUT2D eigenvalue weighted by Gasteiger charge is 2.15. The first-order valence-corrected chi connectivity index (χ1v) is 4.25. The molecule has 0 fully saturated rings. The van der Waals surface area contributed by atoms with Crippen LogP contribution in [0.25, 0.3) is 0 Å². The molecule has 0 aliphatic heterocycles. The van der Waals surface area contributed by atoms with Crippen LogP contribution in [0, 0.1) is 0 Å². The lowest BCUT2D eigenvalue weighted by molar-refractivity contribution is 0.479. The van der Waals surface area contributed by atoms with Crippen molar-refractivity contribution < 1.29 is 19.2 Å². The number of rotatable bonds is 2. The topological polar surface area (TPSA) is 77.8 Å². The Morgan fingerprint density at radius 3 is 2.00 bits per heavy atom. The van der Waals surface area contributed by atoms with Crippen LogP contribution in [0.3, 0.4) is 0 Å². The second-order valence-corrected chi connectivity index (χ2v) is 3.45. The lowest BCUT2D eigenvalue weighted by Crippen LogP contribution is -1.71. The molecule has 0 aliphatic rings. The van der Waals surface area contributed by atoms with Crippen molar-refractivity contribution in [2.24, 2.45) is 0 Å². The average Bonchev–Trinajstić information content (AvgIpc) is 1.27. The van der Waals surface area contributed by atoms with Gasteiger partial charge in [-0.3, -0.25) is 0 Å². The Labute approximate surface area is 42.6 Å². The van der Waals surface area contributed by atoms with Crippen molar-refractivity contribution in [1.82, 2.24) is 0 Å². The summed E-state index contributed by atoms with van der Waals surface area (Å²) in [5, 5.41) is 0. The third-order valence-electron chi connectivity index (χ3n) is 0.247. The van der Waals surface area contributed by atoms with E-state index >= 15 is 0 Å². The van der Waals surface area contributed by atoms with Gasteiger partial charge in [-0.15, -0.1) is 0 Å². The van der Waals surface area contributed by atoms with Crippen molar-refractivity contribution in [2.75, 3.05) is 5.90 Å². The van der Waals surface area contributed by atoms with Crippen LogP contribution in [0.15, 0.2) is 0 Å².